The minimum atomic E-state index is -0.578. The fraction of sp³-hybridized carbons (Fsp3) is 0.0909. The molecule has 15 heavy (non-hydrogen) atoms. The number of benzene rings is 1. The third-order valence-corrected chi connectivity index (χ3v) is 1.58. The molecule has 0 aromatic heterocycles. The lowest BCUT2D eigenvalue weighted by molar-refractivity contribution is -0.117. The van der Waals surface area contributed by atoms with E-state index in [1.54, 1.807) is 0 Å². The fourth-order valence-electron chi connectivity index (χ4n) is 0.913. The van der Waals surface area contributed by atoms with Gasteiger partial charge >= 0.3 is 0 Å². The first-order valence-corrected chi connectivity index (χ1v) is 4.10. The van der Waals surface area contributed by atoms with Crippen molar-refractivity contribution in [2.75, 3.05) is 0 Å². The van der Waals surface area contributed by atoms with Crippen LogP contribution in [-0.4, -0.2) is 5.91 Å². The van der Waals surface area contributed by atoms with E-state index >= 15 is 0 Å². The summed E-state index contributed by atoms with van der Waals surface area (Å²) in [5, 5.41) is 8.49. The Hall–Kier alpha value is -2.33. The maximum Gasteiger partial charge on any atom is 0.229 e. The number of carbonyl (C=O) groups is 1. The van der Waals surface area contributed by atoms with E-state index in [-0.39, 0.29) is 17.5 Å². The third kappa shape index (κ3) is 3.13. The van der Waals surface area contributed by atoms with Gasteiger partial charge in [-0.15, -0.1) is 0 Å². The van der Waals surface area contributed by atoms with Crippen molar-refractivity contribution in [3.8, 4) is 17.9 Å². The molecule has 0 spiro atoms. The number of amides is 1. The molecule has 0 aliphatic heterocycles. The summed E-state index contributed by atoms with van der Waals surface area (Å²) in [6.45, 7) is 0. The second kappa shape index (κ2) is 4.78. The molecule has 0 saturated carbocycles. The molecular weight excluding hydrogens is 195 g/mol. The van der Waals surface area contributed by atoms with Gasteiger partial charge in [-0.25, -0.2) is 4.39 Å². The van der Waals surface area contributed by atoms with E-state index in [1.807, 2.05) is 6.07 Å². The predicted octanol–water partition coefficient (Wildman–Crippen LogP) is 0.924. The van der Waals surface area contributed by atoms with Gasteiger partial charge < -0.3 is 5.73 Å². The molecule has 0 fully saturated rings. The summed E-state index contributed by atoms with van der Waals surface area (Å²) in [6, 6.07) is 5.75. The van der Waals surface area contributed by atoms with Crippen LogP contribution in [0.15, 0.2) is 18.2 Å². The van der Waals surface area contributed by atoms with Crippen LogP contribution in [0.2, 0.25) is 0 Å². The van der Waals surface area contributed by atoms with E-state index in [9.17, 15) is 9.18 Å². The first-order chi connectivity index (χ1) is 7.13. The number of carbonyl (C=O) groups excluding carboxylic acids is 1. The van der Waals surface area contributed by atoms with Gasteiger partial charge in [0.15, 0.2) is 0 Å². The largest absolute Gasteiger partial charge is 0.369 e. The van der Waals surface area contributed by atoms with E-state index < -0.39 is 11.7 Å². The number of hydrogen-bond acceptors (Lipinski definition) is 2. The summed E-state index contributed by atoms with van der Waals surface area (Å²) in [4.78, 5) is 10.4. The van der Waals surface area contributed by atoms with Gasteiger partial charge in [0.25, 0.3) is 0 Å². The number of rotatable bonds is 1. The van der Waals surface area contributed by atoms with Crippen LogP contribution in [0.3, 0.4) is 0 Å². The average molecular weight is 202 g/mol. The van der Waals surface area contributed by atoms with Crippen LogP contribution in [0.1, 0.15) is 17.5 Å². The zero-order valence-corrected chi connectivity index (χ0v) is 7.75. The van der Waals surface area contributed by atoms with E-state index in [1.165, 1.54) is 12.1 Å². The molecule has 0 heterocycles. The second-order valence-corrected chi connectivity index (χ2v) is 2.75. The van der Waals surface area contributed by atoms with Crippen molar-refractivity contribution >= 4 is 5.91 Å². The molecule has 1 rings (SSSR count). The van der Waals surface area contributed by atoms with Gasteiger partial charge in [0, 0.05) is 0 Å². The Morgan fingerprint density at radius 3 is 2.80 bits per heavy atom. The van der Waals surface area contributed by atoms with Crippen LogP contribution >= 0.6 is 0 Å². The molecule has 0 aliphatic carbocycles. The molecule has 3 nitrogen and oxygen atoms in total. The van der Waals surface area contributed by atoms with E-state index in [4.69, 9.17) is 11.0 Å². The van der Waals surface area contributed by atoms with Crippen molar-refractivity contribution in [1.29, 1.82) is 5.26 Å². The summed E-state index contributed by atoms with van der Waals surface area (Å²) in [7, 11) is 0. The quantitative estimate of drug-likeness (QED) is 0.688. The maximum absolute atomic E-state index is 13.2. The second-order valence-electron chi connectivity index (χ2n) is 2.75. The molecule has 0 atom stereocenters. The molecule has 1 amide bonds. The van der Waals surface area contributed by atoms with Crippen molar-refractivity contribution in [2.45, 2.75) is 6.42 Å². The minimum absolute atomic E-state index is 0.112. The highest BCUT2D eigenvalue weighted by Gasteiger charge is 2.00. The maximum atomic E-state index is 13.2. The van der Waals surface area contributed by atoms with Crippen LogP contribution in [-0.2, 0) is 4.79 Å². The molecule has 0 aliphatic rings. The Morgan fingerprint density at radius 2 is 2.27 bits per heavy atom. The summed E-state index contributed by atoms with van der Waals surface area (Å²) >= 11 is 0. The summed E-state index contributed by atoms with van der Waals surface area (Å²) < 4.78 is 13.2. The molecule has 1 aromatic rings. The number of nitrogens with zero attached hydrogens (tertiary/aromatic N) is 1. The molecule has 0 bridgehead atoms. The molecule has 0 radical (unpaired) electrons. The molecule has 4 heteroatoms. The van der Waals surface area contributed by atoms with E-state index in [2.05, 4.69) is 11.8 Å². The van der Waals surface area contributed by atoms with Crippen molar-refractivity contribution in [3.05, 3.63) is 35.1 Å². The van der Waals surface area contributed by atoms with E-state index in [0.717, 1.165) is 6.07 Å². The summed E-state index contributed by atoms with van der Waals surface area (Å²) in [5.41, 5.74) is 5.24. The van der Waals surface area contributed by atoms with Crippen LogP contribution in [0.4, 0.5) is 4.39 Å². The highest BCUT2D eigenvalue weighted by molar-refractivity contribution is 5.76. The van der Waals surface area contributed by atoms with Crippen LogP contribution in [0, 0.1) is 29.0 Å². The lowest BCUT2D eigenvalue weighted by Crippen LogP contribution is -2.08. The lowest BCUT2D eigenvalue weighted by atomic mass is 10.1. The Labute approximate surface area is 86.3 Å². The zero-order chi connectivity index (χ0) is 11.3. The van der Waals surface area contributed by atoms with Gasteiger partial charge in [-0.2, -0.15) is 5.26 Å². The lowest BCUT2D eigenvalue weighted by Gasteiger charge is -1.93. The standard InChI is InChI=1S/C11H7FN2O/c12-10-6-8(7-13)4-5-9(10)2-1-3-11(14)15/h4-6H,3H2,(H2,14,15). The van der Waals surface area contributed by atoms with Gasteiger partial charge in [-0.3, -0.25) is 4.79 Å². The average Bonchev–Trinajstić information content (AvgIpc) is 2.20. The number of nitrogens with two attached hydrogens (primary N) is 1. The van der Waals surface area contributed by atoms with Gasteiger partial charge in [-0.05, 0) is 18.2 Å². The molecule has 0 unspecified atom stereocenters. The first kappa shape index (κ1) is 10.7. The summed E-state index contributed by atoms with van der Waals surface area (Å²) in [5.74, 6) is 3.76. The number of halogens is 1. The monoisotopic (exact) mass is 202 g/mol. The molecule has 74 valence electrons. The highest BCUT2D eigenvalue weighted by atomic mass is 19.1. The third-order valence-electron chi connectivity index (χ3n) is 1.58. The Bertz CT molecular complexity index is 492. The van der Waals surface area contributed by atoms with Gasteiger partial charge in [0.2, 0.25) is 5.91 Å². The van der Waals surface area contributed by atoms with Gasteiger partial charge in [0.05, 0.1) is 23.6 Å². The van der Waals surface area contributed by atoms with Gasteiger partial charge in [-0.1, -0.05) is 11.8 Å². The normalized spacial score (nSPS) is 8.53. The smallest absolute Gasteiger partial charge is 0.229 e. The number of nitriles is 1. The fourth-order valence-corrected chi connectivity index (χ4v) is 0.913. The SMILES string of the molecule is N#Cc1ccc(C#CCC(N)=O)c(F)c1. The highest BCUT2D eigenvalue weighted by Crippen LogP contribution is 2.08. The van der Waals surface area contributed by atoms with Crippen molar-refractivity contribution in [3.63, 3.8) is 0 Å². The van der Waals surface area contributed by atoms with Crippen LogP contribution in [0.5, 0.6) is 0 Å². The first-order valence-electron chi connectivity index (χ1n) is 4.10. The topological polar surface area (TPSA) is 66.9 Å². The Balaban J connectivity index is 2.91. The predicted molar refractivity (Wildman–Crippen MR) is 51.8 cm³/mol. The van der Waals surface area contributed by atoms with E-state index in [0.29, 0.717) is 0 Å². The molecule has 2 N–H and O–H groups in total. The van der Waals surface area contributed by atoms with Gasteiger partial charge in [0.1, 0.15) is 5.82 Å². The zero-order valence-electron chi connectivity index (χ0n) is 7.75. The minimum Gasteiger partial charge on any atom is -0.369 e. The van der Waals surface area contributed by atoms with Crippen molar-refractivity contribution in [1.82, 2.24) is 0 Å². The van der Waals surface area contributed by atoms with Crippen LogP contribution in [0.25, 0.3) is 0 Å². The Morgan fingerprint density at radius 1 is 1.53 bits per heavy atom. The molecule has 0 saturated heterocycles. The van der Waals surface area contributed by atoms with Crippen molar-refractivity contribution < 1.29 is 9.18 Å². The van der Waals surface area contributed by atoms with Crippen LogP contribution < -0.4 is 5.73 Å². The molecular formula is C11H7FN2O. The van der Waals surface area contributed by atoms with Crippen molar-refractivity contribution in [2.24, 2.45) is 5.73 Å². The number of hydrogen-bond donors (Lipinski definition) is 1. The Kier molecular flexibility index (Phi) is 3.43. The number of primary amides is 1. The summed E-state index contributed by atoms with van der Waals surface area (Å²) in [6.07, 6.45) is -0.112. The molecule has 1 aromatic carbocycles.